The lowest BCUT2D eigenvalue weighted by molar-refractivity contribution is -0.143. The van der Waals surface area contributed by atoms with Crippen molar-refractivity contribution in [3.8, 4) is 6.07 Å². The van der Waals surface area contributed by atoms with E-state index < -0.39 is 5.91 Å². The summed E-state index contributed by atoms with van der Waals surface area (Å²) in [6.45, 7) is -0.277. The molecule has 0 spiro atoms. The molecular weight excluding hydrogens is 306 g/mol. The lowest BCUT2D eigenvalue weighted by atomic mass is 9.85. The fourth-order valence-corrected chi connectivity index (χ4v) is 4.13. The van der Waals surface area contributed by atoms with E-state index in [1.165, 1.54) is 0 Å². The summed E-state index contributed by atoms with van der Waals surface area (Å²) in [6, 6.07) is 8.49. The summed E-state index contributed by atoms with van der Waals surface area (Å²) in [5.41, 5.74) is 0.901. The van der Waals surface area contributed by atoms with Crippen LogP contribution in [0.2, 0.25) is 0 Å². The van der Waals surface area contributed by atoms with Crippen LogP contribution in [0.4, 0.5) is 5.69 Å². The monoisotopic (exact) mass is 321 g/mol. The lowest BCUT2D eigenvalue weighted by Crippen LogP contribution is -2.39. The molecule has 24 heavy (non-hydrogen) atoms. The van der Waals surface area contributed by atoms with Gasteiger partial charge in [0.15, 0.2) is 0 Å². The van der Waals surface area contributed by atoms with Crippen LogP contribution >= 0.6 is 0 Å². The molecule has 4 atom stereocenters. The largest absolute Gasteiger partial charge is 0.324 e. The number of hydrogen-bond acceptors (Lipinski definition) is 4. The number of nitriles is 1. The molecular formula is C18H15N3O3. The Morgan fingerprint density at radius 1 is 1.21 bits per heavy atom. The first-order valence-electron chi connectivity index (χ1n) is 7.92. The highest BCUT2D eigenvalue weighted by molar-refractivity contribution is 6.09. The molecule has 1 aromatic rings. The average molecular weight is 321 g/mol. The van der Waals surface area contributed by atoms with E-state index in [9.17, 15) is 14.4 Å². The van der Waals surface area contributed by atoms with E-state index in [-0.39, 0.29) is 42.0 Å². The number of carbonyl (C=O) groups is 3. The maximum atomic E-state index is 12.5. The number of fused-ring (bicyclic) bond motifs is 5. The van der Waals surface area contributed by atoms with Gasteiger partial charge in [0.25, 0.3) is 0 Å². The fourth-order valence-electron chi connectivity index (χ4n) is 4.13. The summed E-state index contributed by atoms with van der Waals surface area (Å²) < 4.78 is 0. The molecule has 1 saturated heterocycles. The summed E-state index contributed by atoms with van der Waals surface area (Å²) in [6.07, 6.45) is 4.91. The molecule has 6 heteroatoms. The number of benzene rings is 1. The number of carbonyl (C=O) groups excluding carboxylic acids is 3. The first-order valence-corrected chi connectivity index (χ1v) is 7.92. The Morgan fingerprint density at radius 2 is 1.88 bits per heavy atom. The number of likely N-dealkylation sites (tertiary alicyclic amines) is 1. The fraction of sp³-hybridized carbons (Fsp3) is 0.333. The van der Waals surface area contributed by atoms with Crippen LogP contribution < -0.4 is 5.32 Å². The van der Waals surface area contributed by atoms with Gasteiger partial charge in [0.05, 0.1) is 23.5 Å². The molecule has 1 saturated carbocycles. The van der Waals surface area contributed by atoms with Gasteiger partial charge in [-0.05, 0) is 36.5 Å². The number of anilines is 1. The molecule has 3 aliphatic rings. The van der Waals surface area contributed by atoms with Gasteiger partial charge in [0.1, 0.15) is 6.54 Å². The second kappa shape index (κ2) is 5.31. The number of nitrogens with zero attached hydrogens (tertiary/aromatic N) is 2. The van der Waals surface area contributed by atoms with Crippen LogP contribution in [0.25, 0.3) is 0 Å². The second-order valence-corrected chi connectivity index (χ2v) is 6.50. The number of amides is 3. The Balaban J connectivity index is 1.46. The lowest BCUT2D eigenvalue weighted by Gasteiger charge is -2.16. The van der Waals surface area contributed by atoms with Gasteiger partial charge in [-0.1, -0.05) is 18.2 Å². The molecule has 1 aromatic carbocycles. The van der Waals surface area contributed by atoms with Gasteiger partial charge in [0, 0.05) is 5.69 Å². The van der Waals surface area contributed by atoms with Crippen LogP contribution in [0.3, 0.4) is 0 Å². The first kappa shape index (κ1) is 14.6. The number of allylic oxidation sites excluding steroid dienone is 2. The minimum atomic E-state index is -0.438. The van der Waals surface area contributed by atoms with E-state index in [0.29, 0.717) is 11.3 Å². The number of nitrogens with one attached hydrogen (secondary N) is 1. The van der Waals surface area contributed by atoms with Gasteiger partial charge < -0.3 is 5.32 Å². The van der Waals surface area contributed by atoms with E-state index in [4.69, 9.17) is 5.26 Å². The molecule has 2 bridgehead atoms. The molecule has 1 aliphatic heterocycles. The highest BCUT2D eigenvalue weighted by Crippen LogP contribution is 2.52. The maximum Gasteiger partial charge on any atom is 0.244 e. The van der Waals surface area contributed by atoms with Crippen LogP contribution in [0.15, 0.2) is 36.4 Å². The van der Waals surface area contributed by atoms with Crippen LogP contribution in [-0.2, 0) is 14.4 Å². The van der Waals surface area contributed by atoms with Crippen molar-refractivity contribution >= 4 is 23.4 Å². The molecule has 1 heterocycles. The molecule has 2 fully saturated rings. The van der Waals surface area contributed by atoms with Crippen molar-refractivity contribution in [3.63, 3.8) is 0 Å². The van der Waals surface area contributed by atoms with Gasteiger partial charge in [-0.2, -0.15) is 5.26 Å². The van der Waals surface area contributed by atoms with Crippen molar-refractivity contribution < 1.29 is 14.4 Å². The predicted octanol–water partition coefficient (Wildman–Crippen LogP) is 1.30. The summed E-state index contributed by atoms with van der Waals surface area (Å²) in [5.74, 6) is -1.21. The SMILES string of the molecule is N#Cc1cccc(NC(=O)CN2C(=O)C3C4C=CC(C4)C3C2=O)c1. The van der Waals surface area contributed by atoms with Gasteiger partial charge in [0.2, 0.25) is 17.7 Å². The van der Waals surface area contributed by atoms with Crippen molar-refractivity contribution in [2.24, 2.45) is 23.7 Å². The molecule has 1 N–H and O–H groups in total. The zero-order valence-corrected chi connectivity index (χ0v) is 12.8. The molecule has 4 rings (SSSR count). The van der Waals surface area contributed by atoms with Gasteiger partial charge >= 0.3 is 0 Å². The maximum absolute atomic E-state index is 12.5. The van der Waals surface area contributed by atoms with Gasteiger partial charge in [-0.15, -0.1) is 0 Å². The van der Waals surface area contributed by atoms with E-state index in [0.717, 1.165) is 11.3 Å². The average Bonchev–Trinajstić information content (AvgIpc) is 3.25. The summed E-state index contributed by atoms with van der Waals surface area (Å²) >= 11 is 0. The highest BCUT2D eigenvalue weighted by Gasteiger charge is 2.59. The van der Waals surface area contributed by atoms with Crippen molar-refractivity contribution in [3.05, 3.63) is 42.0 Å². The predicted molar refractivity (Wildman–Crippen MR) is 84.2 cm³/mol. The molecule has 4 unspecified atom stereocenters. The molecule has 3 amide bonds. The zero-order valence-electron chi connectivity index (χ0n) is 12.8. The third kappa shape index (κ3) is 2.13. The molecule has 2 aliphatic carbocycles. The molecule has 6 nitrogen and oxygen atoms in total. The number of imide groups is 1. The normalized spacial score (nSPS) is 29.7. The number of rotatable bonds is 3. The van der Waals surface area contributed by atoms with Crippen molar-refractivity contribution in [2.75, 3.05) is 11.9 Å². The Bertz CT molecular complexity index is 793. The smallest absolute Gasteiger partial charge is 0.244 e. The quantitative estimate of drug-likeness (QED) is 0.671. The van der Waals surface area contributed by atoms with Crippen molar-refractivity contribution in [1.29, 1.82) is 5.26 Å². The van der Waals surface area contributed by atoms with E-state index in [1.54, 1.807) is 24.3 Å². The Morgan fingerprint density at radius 3 is 2.50 bits per heavy atom. The second-order valence-electron chi connectivity index (χ2n) is 6.50. The van der Waals surface area contributed by atoms with E-state index in [1.807, 2.05) is 18.2 Å². The van der Waals surface area contributed by atoms with Crippen molar-refractivity contribution in [2.45, 2.75) is 6.42 Å². The Hall–Kier alpha value is -2.94. The van der Waals surface area contributed by atoms with Crippen LogP contribution in [0.1, 0.15) is 12.0 Å². The highest BCUT2D eigenvalue weighted by atomic mass is 16.2. The van der Waals surface area contributed by atoms with Crippen LogP contribution in [0.5, 0.6) is 0 Å². The standard InChI is InChI=1S/C18H15N3O3/c19-8-10-2-1-3-13(6-10)20-14(22)9-21-17(23)15-11-4-5-12(7-11)16(15)18(21)24/h1-6,11-12,15-16H,7,9H2,(H,20,22). The topological polar surface area (TPSA) is 90.3 Å². The third-order valence-electron chi connectivity index (χ3n) is 5.14. The summed E-state index contributed by atoms with van der Waals surface area (Å²) in [4.78, 5) is 38.3. The van der Waals surface area contributed by atoms with E-state index >= 15 is 0 Å². The number of hydrogen-bond donors (Lipinski definition) is 1. The summed E-state index contributed by atoms with van der Waals surface area (Å²) in [7, 11) is 0. The molecule has 120 valence electrons. The summed E-state index contributed by atoms with van der Waals surface area (Å²) in [5, 5.41) is 11.5. The van der Waals surface area contributed by atoms with Crippen molar-refractivity contribution in [1.82, 2.24) is 4.90 Å². The van der Waals surface area contributed by atoms with E-state index in [2.05, 4.69) is 5.32 Å². The van der Waals surface area contributed by atoms with Crippen LogP contribution in [0, 0.1) is 35.0 Å². The first-order chi connectivity index (χ1) is 11.6. The zero-order chi connectivity index (χ0) is 16.8. The molecule has 0 radical (unpaired) electrons. The Kier molecular flexibility index (Phi) is 3.24. The Labute approximate surface area is 138 Å². The minimum absolute atomic E-state index is 0.136. The van der Waals surface area contributed by atoms with Crippen LogP contribution in [-0.4, -0.2) is 29.2 Å². The van der Waals surface area contributed by atoms with Gasteiger partial charge in [-0.3, -0.25) is 19.3 Å². The minimum Gasteiger partial charge on any atom is -0.324 e. The molecule has 0 aromatic heterocycles. The third-order valence-corrected chi connectivity index (χ3v) is 5.14. The van der Waals surface area contributed by atoms with Gasteiger partial charge in [-0.25, -0.2) is 0 Å².